The summed E-state index contributed by atoms with van der Waals surface area (Å²) in [6, 6.07) is 11.6. The van der Waals surface area contributed by atoms with Gasteiger partial charge in [0.05, 0.1) is 18.8 Å². The van der Waals surface area contributed by atoms with Gasteiger partial charge in [0.2, 0.25) is 0 Å². The number of amides is 1. The highest BCUT2D eigenvalue weighted by Crippen LogP contribution is 2.25. The van der Waals surface area contributed by atoms with E-state index in [1.165, 1.54) is 19.4 Å². The highest BCUT2D eigenvalue weighted by molar-refractivity contribution is 5.85. The fraction of sp³-hybridized carbons (Fsp3) is 0.176. The minimum absolute atomic E-state index is 0.0374. The monoisotopic (exact) mass is 339 g/mol. The molecule has 8 heteroatoms. The number of carbonyl (C=O) groups is 1. The molecule has 128 valence electrons. The third-order valence-electron chi connectivity index (χ3n) is 3.72. The first-order valence-electron chi connectivity index (χ1n) is 7.60. The normalized spacial score (nSPS) is 12.4. The Labute approximate surface area is 143 Å². The fourth-order valence-electron chi connectivity index (χ4n) is 2.32. The Hall–Kier alpha value is -3.42. The lowest BCUT2D eigenvalue weighted by Crippen LogP contribution is -2.28. The lowest BCUT2D eigenvalue weighted by Gasteiger charge is -2.10. The first-order chi connectivity index (χ1) is 12.1. The van der Waals surface area contributed by atoms with Crippen molar-refractivity contribution in [2.75, 3.05) is 7.11 Å². The number of para-hydroxylation sites is 1. The number of fused-ring (bicyclic) bond motifs is 1. The third kappa shape index (κ3) is 3.42. The van der Waals surface area contributed by atoms with Crippen molar-refractivity contribution in [2.24, 2.45) is 5.10 Å². The Bertz CT molecular complexity index is 935. The number of methoxy groups -OCH3 is 1. The topological polar surface area (TPSA) is 102 Å². The van der Waals surface area contributed by atoms with Gasteiger partial charge in [-0.25, -0.2) is 10.1 Å². The third-order valence-corrected chi connectivity index (χ3v) is 3.72. The second kappa shape index (κ2) is 7.00. The number of rotatable bonds is 5. The number of benzene rings is 2. The van der Waals surface area contributed by atoms with E-state index in [-0.39, 0.29) is 11.7 Å². The Balaban J connectivity index is 1.69. The van der Waals surface area contributed by atoms with E-state index in [0.717, 1.165) is 11.0 Å². The molecule has 3 rings (SSSR count). The zero-order chi connectivity index (χ0) is 17.8. The van der Waals surface area contributed by atoms with Crippen molar-refractivity contribution in [2.45, 2.75) is 13.0 Å². The van der Waals surface area contributed by atoms with Crippen LogP contribution in [0, 0.1) is 0 Å². The van der Waals surface area contributed by atoms with Crippen LogP contribution in [0.5, 0.6) is 11.5 Å². The van der Waals surface area contributed by atoms with E-state index in [4.69, 9.17) is 4.74 Å². The van der Waals surface area contributed by atoms with Crippen molar-refractivity contribution in [3.63, 3.8) is 0 Å². The lowest BCUT2D eigenvalue weighted by atomic mass is 10.2. The van der Waals surface area contributed by atoms with Crippen LogP contribution in [0.3, 0.4) is 0 Å². The van der Waals surface area contributed by atoms with E-state index in [0.29, 0.717) is 11.3 Å². The molecule has 0 fully saturated rings. The maximum Gasteiger partial charge on any atom is 0.264 e. The molecule has 3 aromatic rings. The van der Waals surface area contributed by atoms with Crippen LogP contribution >= 0.6 is 0 Å². The van der Waals surface area contributed by atoms with Crippen molar-refractivity contribution >= 4 is 23.2 Å². The summed E-state index contributed by atoms with van der Waals surface area (Å²) >= 11 is 0. The maximum absolute atomic E-state index is 12.3. The van der Waals surface area contributed by atoms with Crippen LogP contribution in [0.15, 0.2) is 47.6 Å². The number of phenols is 1. The van der Waals surface area contributed by atoms with Crippen LogP contribution < -0.4 is 10.2 Å². The van der Waals surface area contributed by atoms with Gasteiger partial charge in [0.1, 0.15) is 11.6 Å². The largest absolute Gasteiger partial charge is 0.504 e. The number of aromatic hydroxyl groups is 1. The number of phenolic OH excluding ortho intramolecular Hbond substituents is 1. The highest BCUT2D eigenvalue weighted by Gasteiger charge is 2.18. The van der Waals surface area contributed by atoms with Crippen LogP contribution in [0.1, 0.15) is 18.5 Å². The molecule has 2 aromatic carbocycles. The fourth-order valence-corrected chi connectivity index (χ4v) is 2.32. The number of aromatic nitrogens is 3. The second-order valence-corrected chi connectivity index (χ2v) is 5.36. The molecule has 0 aliphatic heterocycles. The summed E-state index contributed by atoms with van der Waals surface area (Å²) in [6.07, 6.45) is 1.46. The predicted molar refractivity (Wildman–Crippen MR) is 92.6 cm³/mol. The van der Waals surface area contributed by atoms with Crippen LogP contribution in [0.2, 0.25) is 0 Å². The number of nitrogens with zero attached hydrogens (tertiary/aromatic N) is 4. The van der Waals surface area contributed by atoms with Gasteiger partial charge in [-0.15, -0.1) is 5.10 Å². The number of hydrazone groups is 1. The van der Waals surface area contributed by atoms with E-state index in [2.05, 4.69) is 20.8 Å². The minimum atomic E-state index is -0.570. The molecule has 0 spiro atoms. The zero-order valence-corrected chi connectivity index (χ0v) is 13.7. The van der Waals surface area contributed by atoms with Crippen LogP contribution in [0.4, 0.5) is 0 Å². The lowest BCUT2D eigenvalue weighted by molar-refractivity contribution is -0.124. The van der Waals surface area contributed by atoms with E-state index in [1.54, 1.807) is 23.7 Å². The molecule has 0 saturated heterocycles. The summed E-state index contributed by atoms with van der Waals surface area (Å²) in [5.41, 5.74) is 4.65. The van der Waals surface area contributed by atoms with E-state index < -0.39 is 6.04 Å². The van der Waals surface area contributed by atoms with Gasteiger partial charge in [-0.1, -0.05) is 17.3 Å². The standard InChI is InChI=1S/C17H17N5O3/c1-11(22-14-6-4-3-5-13(14)19-21-22)17(24)20-18-10-12-7-8-15(23)16(9-12)25-2/h3-11,23H,1-2H3,(H,20,24)/b18-10-/t11-/m0/s1. The van der Waals surface area contributed by atoms with Crippen molar-refractivity contribution < 1.29 is 14.6 Å². The Morgan fingerprint density at radius 2 is 2.16 bits per heavy atom. The zero-order valence-electron chi connectivity index (χ0n) is 13.7. The van der Waals surface area contributed by atoms with Crippen molar-refractivity contribution in [3.8, 4) is 11.5 Å². The molecule has 1 aromatic heterocycles. The van der Waals surface area contributed by atoms with Crippen LogP contribution in [-0.4, -0.2) is 39.3 Å². The molecule has 1 amide bonds. The predicted octanol–water partition coefficient (Wildman–Crippen LogP) is 1.86. The van der Waals surface area contributed by atoms with Gasteiger partial charge >= 0.3 is 0 Å². The van der Waals surface area contributed by atoms with Crippen molar-refractivity contribution in [1.29, 1.82) is 0 Å². The smallest absolute Gasteiger partial charge is 0.264 e. The number of carbonyl (C=O) groups excluding carboxylic acids is 1. The summed E-state index contributed by atoms with van der Waals surface area (Å²) in [4.78, 5) is 12.3. The molecule has 2 N–H and O–H groups in total. The minimum Gasteiger partial charge on any atom is -0.504 e. The number of nitrogens with one attached hydrogen (secondary N) is 1. The molecule has 1 atom stereocenters. The molecule has 0 saturated carbocycles. The van der Waals surface area contributed by atoms with E-state index in [9.17, 15) is 9.90 Å². The first kappa shape index (κ1) is 16.4. The van der Waals surface area contributed by atoms with Gasteiger partial charge in [0.25, 0.3) is 5.91 Å². The van der Waals surface area contributed by atoms with Gasteiger partial charge in [0.15, 0.2) is 11.5 Å². The van der Waals surface area contributed by atoms with E-state index >= 15 is 0 Å². The molecule has 8 nitrogen and oxygen atoms in total. The molecule has 0 unspecified atom stereocenters. The van der Waals surface area contributed by atoms with Crippen molar-refractivity contribution in [1.82, 2.24) is 20.4 Å². The number of hydrogen-bond acceptors (Lipinski definition) is 6. The molecule has 0 bridgehead atoms. The summed E-state index contributed by atoms with van der Waals surface area (Å²) < 4.78 is 6.57. The molecule has 25 heavy (non-hydrogen) atoms. The summed E-state index contributed by atoms with van der Waals surface area (Å²) in [6.45, 7) is 1.72. The quantitative estimate of drug-likeness (QED) is 0.546. The molecule has 0 radical (unpaired) electrons. The summed E-state index contributed by atoms with van der Waals surface area (Å²) in [5.74, 6) is 0.0470. The molecule has 0 aliphatic carbocycles. The first-order valence-corrected chi connectivity index (χ1v) is 7.60. The Kier molecular flexibility index (Phi) is 4.60. The maximum atomic E-state index is 12.3. The van der Waals surface area contributed by atoms with Crippen LogP contribution in [-0.2, 0) is 4.79 Å². The molecular weight excluding hydrogens is 322 g/mol. The van der Waals surface area contributed by atoms with Crippen molar-refractivity contribution in [3.05, 3.63) is 48.0 Å². The Morgan fingerprint density at radius 1 is 1.36 bits per heavy atom. The van der Waals surface area contributed by atoms with Gasteiger partial charge in [0, 0.05) is 0 Å². The summed E-state index contributed by atoms with van der Waals surface area (Å²) in [5, 5.41) is 21.6. The average Bonchev–Trinajstić information content (AvgIpc) is 3.06. The summed E-state index contributed by atoms with van der Waals surface area (Å²) in [7, 11) is 1.46. The van der Waals surface area contributed by atoms with Gasteiger partial charge in [-0.2, -0.15) is 5.10 Å². The van der Waals surface area contributed by atoms with Gasteiger partial charge in [-0.05, 0) is 42.8 Å². The van der Waals surface area contributed by atoms with Gasteiger partial charge in [-0.3, -0.25) is 4.79 Å². The molecule has 1 heterocycles. The average molecular weight is 339 g/mol. The number of ether oxygens (including phenoxy) is 1. The highest BCUT2D eigenvalue weighted by atomic mass is 16.5. The van der Waals surface area contributed by atoms with E-state index in [1.807, 2.05) is 24.3 Å². The van der Waals surface area contributed by atoms with Gasteiger partial charge < -0.3 is 9.84 Å². The number of hydrogen-bond donors (Lipinski definition) is 2. The SMILES string of the molecule is COc1cc(/C=N\NC(=O)[C@H](C)n2nnc3ccccc32)ccc1O. The second-order valence-electron chi connectivity index (χ2n) is 5.36. The molecule has 0 aliphatic rings. The molecular formula is C17H17N5O3. The Morgan fingerprint density at radius 3 is 2.96 bits per heavy atom. The van der Waals surface area contributed by atoms with Crippen LogP contribution in [0.25, 0.3) is 11.0 Å².